The van der Waals surface area contributed by atoms with Crippen molar-refractivity contribution in [1.29, 1.82) is 0 Å². The second-order valence-corrected chi connectivity index (χ2v) is 6.10. The highest BCUT2D eigenvalue weighted by Gasteiger charge is 2.13. The van der Waals surface area contributed by atoms with Crippen LogP contribution < -0.4 is 4.90 Å². The summed E-state index contributed by atoms with van der Waals surface area (Å²) >= 11 is 4.42. The van der Waals surface area contributed by atoms with Gasteiger partial charge in [-0.3, -0.25) is 4.98 Å². The molecule has 0 spiro atoms. The maximum atomic E-state index is 5.40. The van der Waals surface area contributed by atoms with E-state index in [0.29, 0.717) is 0 Å². The summed E-state index contributed by atoms with van der Waals surface area (Å²) in [6.45, 7) is 3.21. The van der Waals surface area contributed by atoms with E-state index in [1.165, 1.54) is 0 Å². The van der Waals surface area contributed by atoms with Crippen molar-refractivity contribution in [2.75, 3.05) is 31.2 Å². The highest BCUT2D eigenvalue weighted by Crippen LogP contribution is 2.25. The molecule has 0 saturated carbocycles. The summed E-state index contributed by atoms with van der Waals surface area (Å²) in [5.74, 6) is 0.917. The van der Waals surface area contributed by atoms with Gasteiger partial charge in [-0.2, -0.15) is 0 Å². The van der Waals surface area contributed by atoms with Crippen LogP contribution in [0.3, 0.4) is 0 Å². The van der Waals surface area contributed by atoms with Crippen LogP contribution in [0.5, 0.6) is 0 Å². The van der Waals surface area contributed by atoms with Gasteiger partial charge in [0.25, 0.3) is 0 Å². The number of fused-ring (bicyclic) bond motifs is 1. The molecule has 5 heteroatoms. The number of rotatable bonds is 2. The number of nitrogens with zero attached hydrogens (tertiary/aromatic N) is 3. The molecule has 1 saturated heterocycles. The molecule has 1 aliphatic rings. The number of morpholine rings is 1. The molecule has 3 aromatic rings. The molecule has 116 valence electrons. The molecule has 23 heavy (non-hydrogen) atoms. The molecule has 0 aliphatic carbocycles. The van der Waals surface area contributed by atoms with Crippen LogP contribution in [0.15, 0.2) is 53.6 Å². The van der Waals surface area contributed by atoms with Gasteiger partial charge in [-0.1, -0.05) is 18.2 Å². The van der Waals surface area contributed by atoms with Gasteiger partial charge >= 0.3 is 0 Å². The third-order valence-corrected chi connectivity index (χ3v) is 4.32. The molecule has 0 radical (unpaired) electrons. The third kappa shape index (κ3) is 3.02. The minimum atomic E-state index is 0.745. The number of hydrogen-bond donors (Lipinski definition) is 1. The Morgan fingerprint density at radius 1 is 0.957 bits per heavy atom. The van der Waals surface area contributed by atoms with Crippen LogP contribution in [0.1, 0.15) is 0 Å². The van der Waals surface area contributed by atoms with Crippen LogP contribution in [0.4, 0.5) is 5.82 Å². The molecule has 2 aromatic carbocycles. The second kappa shape index (κ2) is 6.18. The van der Waals surface area contributed by atoms with E-state index < -0.39 is 0 Å². The van der Waals surface area contributed by atoms with E-state index >= 15 is 0 Å². The zero-order valence-corrected chi connectivity index (χ0v) is 13.5. The highest BCUT2D eigenvalue weighted by atomic mass is 32.1. The minimum absolute atomic E-state index is 0.745. The average molecular weight is 323 g/mol. The van der Waals surface area contributed by atoms with Crippen molar-refractivity contribution in [3.05, 3.63) is 48.7 Å². The normalized spacial score (nSPS) is 15.1. The Kier molecular flexibility index (Phi) is 3.89. The number of thiol groups is 1. The molecule has 4 nitrogen and oxygen atoms in total. The van der Waals surface area contributed by atoms with E-state index in [-0.39, 0.29) is 0 Å². The first-order valence-corrected chi connectivity index (χ1v) is 8.13. The van der Waals surface area contributed by atoms with Gasteiger partial charge in [0, 0.05) is 18.0 Å². The summed E-state index contributed by atoms with van der Waals surface area (Å²) in [6.07, 6.45) is 1.85. The topological polar surface area (TPSA) is 38.2 Å². The Bertz CT molecular complexity index is 847. The van der Waals surface area contributed by atoms with Gasteiger partial charge in [-0.25, -0.2) is 4.98 Å². The van der Waals surface area contributed by atoms with E-state index in [4.69, 9.17) is 9.72 Å². The molecule has 1 fully saturated rings. The van der Waals surface area contributed by atoms with Crippen LogP contribution >= 0.6 is 12.6 Å². The molecule has 0 amide bonds. The fraction of sp³-hybridized carbons (Fsp3) is 0.222. The van der Waals surface area contributed by atoms with Gasteiger partial charge in [0.2, 0.25) is 0 Å². The number of anilines is 1. The molecular formula is C18H17N3OS. The number of aromatic nitrogens is 2. The van der Waals surface area contributed by atoms with Crippen LogP contribution in [0.2, 0.25) is 0 Å². The minimum Gasteiger partial charge on any atom is -0.378 e. The standard InChI is InChI=1S/C18H17N3OS/c23-15-3-1-2-13(10-15)14-4-5-16-17(11-14)20-18(12-19-16)21-6-8-22-9-7-21/h1-5,10-12,23H,6-9H2. The zero-order valence-electron chi connectivity index (χ0n) is 12.6. The zero-order chi connectivity index (χ0) is 15.6. The summed E-state index contributed by atoms with van der Waals surface area (Å²) in [5, 5.41) is 0. The lowest BCUT2D eigenvalue weighted by atomic mass is 10.1. The van der Waals surface area contributed by atoms with Crippen molar-refractivity contribution in [3.8, 4) is 11.1 Å². The summed E-state index contributed by atoms with van der Waals surface area (Å²) in [7, 11) is 0. The summed E-state index contributed by atoms with van der Waals surface area (Å²) < 4.78 is 5.40. The summed E-state index contributed by atoms with van der Waals surface area (Å²) in [4.78, 5) is 12.5. The molecule has 4 rings (SSSR count). The lowest BCUT2D eigenvalue weighted by Gasteiger charge is -2.27. The van der Waals surface area contributed by atoms with Crippen molar-refractivity contribution in [2.45, 2.75) is 4.90 Å². The maximum Gasteiger partial charge on any atom is 0.148 e. The maximum absolute atomic E-state index is 5.40. The predicted molar refractivity (Wildman–Crippen MR) is 95.3 cm³/mol. The Balaban J connectivity index is 1.74. The number of hydrogen-bond acceptors (Lipinski definition) is 5. The Morgan fingerprint density at radius 2 is 1.78 bits per heavy atom. The first-order valence-electron chi connectivity index (χ1n) is 7.68. The van der Waals surface area contributed by atoms with Gasteiger partial charge in [-0.05, 0) is 35.4 Å². The van der Waals surface area contributed by atoms with Crippen molar-refractivity contribution < 1.29 is 4.74 Å². The van der Waals surface area contributed by atoms with Crippen molar-refractivity contribution in [2.24, 2.45) is 0 Å². The fourth-order valence-corrected chi connectivity index (χ4v) is 3.04. The molecular weight excluding hydrogens is 306 g/mol. The van der Waals surface area contributed by atoms with Crippen LogP contribution in [-0.2, 0) is 4.74 Å². The molecule has 0 bridgehead atoms. The lowest BCUT2D eigenvalue weighted by Crippen LogP contribution is -2.36. The van der Waals surface area contributed by atoms with Crippen LogP contribution in [0, 0.1) is 0 Å². The Hall–Kier alpha value is -2.11. The Labute approximate surface area is 140 Å². The van der Waals surface area contributed by atoms with Crippen molar-refractivity contribution >= 4 is 29.5 Å². The monoisotopic (exact) mass is 323 g/mol. The van der Waals surface area contributed by atoms with Gasteiger partial charge < -0.3 is 9.64 Å². The fourth-order valence-electron chi connectivity index (χ4n) is 2.81. The quantitative estimate of drug-likeness (QED) is 0.733. The Morgan fingerprint density at radius 3 is 2.61 bits per heavy atom. The predicted octanol–water partition coefficient (Wildman–Crippen LogP) is 3.42. The van der Waals surface area contributed by atoms with Gasteiger partial charge in [-0.15, -0.1) is 12.6 Å². The largest absolute Gasteiger partial charge is 0.378 e. The molecule has 1 aromatic heterocycles. The lowest BCUT2D eigenvalue weighted by molar-refractivity contribution is 0.122. The van der Waals surface area contributed by atoms with Gasteiger partial charge in [0.1, 0.15) is 5.82 Å². The first-order chi connectivity index (χ1) is 11.3. The number of ether oxygens (including phenoxy) is 1. The highest BCUT2D eigenvalue weighted by molar-refractivity contribution is 7.80. The SMILES string of the molecule is Sc1cccc(-c2ccc3ncc(N4CCOCC4)nc3c2)c1. The van der Waals surface area contributed by atoms with Crippen molar-refractivity contribution in [3.63, 3.8) is 0 Å². The third-order valence-electron chi connectivity index (χ3n) is 4.04. The molecule has 0 N–H and O–H groups in total. The van der Waals surface area contributed by atoms with Crippen LogP contribution in [-0.4, -0.2) is 36.3 Å². The van der Waals surface area contributed by atoms with Gasteiger partial charge in [0.05, 0.1) is 30.4 Å². The molecule has 1 aliphatic heterocycles. The smallest absolute Gasteiger partial charge is 0.148 e. The number of benzene rings is 2. The second-order valence-electron chi connectivity index (χ2n) is 5.58. The van der Waals surface area contributed by atoms with E-state index in [2.05, 4.69) is 46.8 Å². The van der Waals surface area contributed by atoms with Gasteiger partial charge in [0.15, 0.2) is 0 Å². The summed E-state index contributed by atoms with van der Waals surface area (Å²) in [6, 6.07) is 14.3. The van der Waals surface area contributed by atoms with Crippen LogP contribution in [0.25, 0.3) is 22.2 Å². The molecule has 0 unspecified atom stereocenters. The first kappa shape index (κ1) is 14.5. The van der Waals surface area contributed by atoms with E-state index in [0.717, 1.165) is 59.2 Å². The van der Waals surface area contributed by atoms with Crippen molar-refractivity contribution in [1.82, 2.24) is 9.97 Å². The summed E-state index contributed by atoms with van der Waals surface area (Å²) in [5.41, 5.74) is 4.09. The average Bonchev–Trinajstić information content (AvgIpc) is 2.61. The van der Waals surface area contributed by atoms with E-state index in [1.807, 2.05) is 24.4 Å². The molecule has 2 heterocycles. The molecule has 0 atom stereocenters. The van der Waals surface area contributed by atoms with E-state index in [9.17, 15) is 0 Å². The van der Waals surface area contributed by atoms with E-state index in [1.54, 1.807) is 0 Å².